The zero-order valence-electron chi connectivity index (χ0n) is 11.5. The molecular weight excluding hydrogens is 288 g/mol. The van der Waals surface area contributed by atoms with Gasteiger partial charge in [0.05, 0.1) is 10.9 Å². The molecule has 0 unspecified atom stereocenters. The Hall–Kier alpha value is -2.47. The van der Waals surface area contributed by atoms with Gasteiger partial charge in [-0.3, -0.25) is 9.36 Å². The number of fused-ring (bicyclic) bond motifs is 1. The quantitative estimate of drug-likeness (QED) is 0.789. The first-order valence-corrected chi connectivity index (χ1v) is 7.15. The van der Waals surface area contributed by atoms with E-state index < -0.39 is 5.97 Å². The maximum atomic E-state index is 12.4. The van der Waals surface area contributed by atoms with Crippen LogP contribution in [0.4, 0.5) is 0 Å². The standard InChI is InChI=1S/C15H12N2O3S/c1-8-3-5-9(6-4-8)12-16-13-11(14(18)17(12)2)10(7-21-13)15(19)20/h3-7H,1-2H3,(H,19,20). The molecule has 0 saturated heterocycles. The molecule has 3 rings (SSSR count). The van der Waals surface area contributed by atoms with Crippen molar-refractivity contribution >= 4 is 27.5 Å². The summed E-state index contributed by atoms with van der Waals surface area (Å²) in [5.41, 5.74) is 1.62. The monoisotopic (exact) mass is 300 g/mol. The molecule has 0 aliphatic rings. The zero-order chi connectivity index (χ0) is 15.1. The van der Waals surface area contributed by atoms with Crippen LogP contribution in [0.2, 0.25) is 0 Å². The Balaban J connectivity index is 2.32. The van der Waals surface area contributed by atoms with Crippen LogP contribution in [-0.2, 0) is 7.05 Å². The van der Waals surface area contributed by atoms with E-state index in [-0.39, 0.29) is 16.5 Å². The van der Waals surface area contributed by atoms with E-state index in [0.29, 0.717) is 10.7 Å². The van der Waals surface area contributed by atoms with Crippen LogP contribution in [0.25, 0.3) is 21.6 Å². The number of aryl methyl sites for hydroxylation is 1. The summed E-state index contributed by atoms with van der Waals surface area (Å²) in [7, 11) is 1.60. The number of aromatic carboxylic acids is 1. The Kier molecular flexibility index (Phi) is 3.10. The number of hydrogen-bond acceptors (Lipinski definition) is 4. The van der Waals surface area contributed by atoms with Gasteiger partial charge in [-0.1, -0.05) is 29.8 Å². The molecule has 2 aromatic heterocycles. The van der Waals surface area contributed by atoms with Crippen LogP contribution in [0.3, 0.4) is 0 Å². The zero-order valence-corrected chi connectivity index (χ0v) is 12.3. The average molecular weight is 300 g/mol. The highest BCUT2D eigenvalue weighted by molar-refractivity contribution is 7.17. The summed E-state index contributed by atoms with van der Waals surface area (Å²) in [6.45, 7) is 1.98. The molecule has 6 heteroatoms. The molecule has 0 fully saturated rings. The maximum Gasteiger partial charge on any atom is 0.337 e. The summed E-state index contributed by atoms with van der Waals surface area (Å²) in [4.78, 5) is 28.5. The molecule has 0 saturated carbocycles. The van der Waals surface area contributed by atoms with Crippen molar-refractivity contribution in [3.05, 3.63) is 51.1 Å². The highest BCUT2D eigenvalue weighted by Gasteiger charge is 2.18. The first kappa shape index (κ1) is 13.5. The molecule has 5 nitrogen and oxygen atoms in total. The SMILES string of the molecule is Cc1ccc(-c2nc3scc(C(=O)O)c3c(=O)n2C)cc1. The van der Waals surface area contributed by atoms with Crippen molar-refractivity contribution in [2.75, 3.05) is 0 Å². The molecular formula is C15H12N2O3S. The molecule has 1 N–H and O–H groups in total. The Bertz CT molecular complexity index is 907. The van der Waals surface area contributed by atoms with E-state index in [4.69, 9.17) is 5.11 Å². The predicted molar refractivity (Wildman–Crippen MR) is 82.0 cm³/mol. The molecule has 3 aromatic rings. The van der Waals surface area contributed by atoms with Crippen molar-refractivity contribution in [3.8, 4) is 11.4 Å². The van der Waals surface area contributed by atoms with Gasteiger partial charge in [0.15, 0.2) is 0 Å². The van der Waals surface area contributed by atoms with Gasteiger partial charge in [0.1, 0.15) is 10.7 Å². The molecule has 0 aliphatic heterocycles. The van der Waals surface area contributed by atoms with Crippen molar-refractivity contribution in [3.63, 3.8) is 0 Å². The highest BCUT2D eigenvalue weighted by atomic mass is 32.1. The van der Waals surface area contributed by atoms with E-state index in [2.05, 4.69) is 4.98 Å². The lowest BCUT2D eigenvalue weighted by Crippen LogP contribution is -2.21. The van der Waals surface area contributed by atoms with Gasteiger partial charge in [0, 0.05) is 18.0 Å². The molecule has 0 amide bonds. The number of carboxylic acids is 1. The number of aromatic nitrogens is 2. The highest BCUT2D eigenvalue weighted by Crippen LogP contribution is 2.25. The van der Waals surface area contributed by atoms with Crippen LogP contribution < -0.4 is 5.56 Å². The fourth-order valence-corrected chi connectivity index (χ4v) is 3.09. The maximum absolute atomic E-state index is 12.4. The first-order chi connectivity index (χ1) is 9.99. The normalized spacial score (nSPS) is 11.0. The predicted octanol–water partition coefficient (Wildman–Crippen LogP) is 2.67. The summed E-state index contributed by atoms with van der Waals surface area (Å²) in [6, 6.07) is 7.69. The van der Waals surface area contributed by atoms with Gasteiger partial charge in [-0.2, -0.15) is 0 Å². The summed E-state index contributed by atoms with van der Waals surface area (Å²) >= 11 is 1.17. The number of nitrogens with zero attached hydrogens (tertiary/aromatic N) is 2. The van der Waals surface area contributed by atoms with Gasteiger partial charge in [0.25, 0.3) is 5.56 Å². The number of benzene rings is 1. The molecule has 0 spiro atoms. The fourth-order valence-electron chi connectivity index (χ4n) is 2.19. The third-order valence-corrected chi connectivity index (χ3v) is 4.23. The first-order valence-electron chi connectivity index (χ1n) is 6.27. The van der Waals surface area contributed by atoms with E-state index >= 15 is 0 Å². The number of thiophene rings is 1. The lowest BCUT2D eigenvalue weighted by atomic mass is 10.1. The molecule has 2 heterocycles. The number of carboxylic acid groups (broad SMARTS) is 1. The summed E-state index contributed by atoms with van der Waals surface area (Å²) in [5.74, 6) is -0.575. The molecule has 0 bridgehead atoms. The molecule has 1 aromatic carbocycles. The number of hydrogen-bond donors (Lipinski definition) is 1. The van der Waals surface area contributed by atoms with Crippen LogP contribution in [-0.4, -0.2) is 20.6 Å². The molecule has 21 heavy (non-hydrogen) atoms. The van der Waals surface area contributed by atoms with E-state index in [1.807, 2.05) is 31.2 Å². The smallest absolute Gasteiger partial charge is 0.337 e. The second-order valence-electron chi connectivity index (χ2n) is 4.80. The lowest BCUT2D eigenvalue weighted by Gasteiger charge is -2.08. The van der Waals surface area contributed by atoms with Crippen LogP contribution in [0.15, 0.2) is 34.4 Å². The average Bonchev–Trinajstić information content (AvgIpc) is 2.88. The van der Waals surface area contributed by atoms with Gasteiger partial charge in [-0.25, -0.2) is 9.78 Å². The van der Waals surface area contributed by atoms with Crippen LogP contribution in [0.5, 0.6) is 0 Å². The summed E-state index contributed by atoms with van der Waals surface area (Å²) in [5, 5.41) is 10.8. The Morgan fingerprint density at radius 1 is 1.29 bits per heavy atom. The van der Waals surface area contributed by atoms with Crippen molar-refractivity contribution < 1.29 is 9.90 Å². The third kappa shape index (κ3) is 2.13. The van der Waals surface area contributed by atoms with Crippen molar-refractivity contribution in [2.24, 2.45) is 7.05 Å². The molecule has 106 valence electrons. The second-order valence-corrected chi connectivity index (χ2v) is 5.66. The van der Waals surface area contributed by atoms with Gasteiger partial charge in [0.2, 0.25) is 0 Å². The minimum Gasteiger partial charge on any atom is -0.478 e. The van der Waals surface area contributed by atoms with Crippen molar-refractivity contribution in [2.45, 2.75) is 6.92 Å². The number of rotatable bonds is 2. The topological polar surface area (TPSA) is 72.2 Å². The van der Waals surface area contributed by atoms with E-state index in [0.717, 1.165) is 11.1 Å². The van der Waals surface area contributed by atoms with E-state index in [1.54, 1.807) is 7.05 Å². The molecule has 0 radical (unpaired) electrons. The van der Waals surface area contributed by atoms with Gasteiger partial charge < -0.3 is 5.11 Å². The Labute approximate surface area is 124 Å². The van der Waals surface area contributed by atoms with E-state index in [1.165, 1.54) is 21.3 Å². The minimum absolute atomic E-state index is 0.0126. The molecule has 0 atom stereocenters. The van der Waals surface area contributed by atoms with Crippen molar-refractivity contribution in [1.29, 1.82) is 0 Å². The summed E-state index contributed by atoms with van der Waals surface area (Å²) in [6.07, 6.45) is 0. The Morgan fingerprint density at radius 3 is 2.57 bits per heavy atom. The van der Waals surface area contributed by atoms with Crippen molar-refractivity contribution in [1.82, 2.24) is 9.55 Å². The fraction of sp³-hybridized carbons (Fsp3) is 0.133. The van der Waals surface area contributed by atoms with E-state index in [9.17, 15) is 9.59 Å². The van der Waals surface area contributed by atoms with Crippen LogP contribution >= 0.6 is 11.3 Å². The minimum atomic E-state index is -1.11. The Morgan fingerprint density at radius 2 is 1.95 bits per heavy atom. The van der Waals surface area contributed by atoms with Crippen LogP contribution in [0.1, 0.15) is 15.9 Å². The largest absolute Gasteiger partial charge is 0.478 e. The third-order valence-electron chi connectivity index (χ3n) is 3.36. The second kappa shape index (κ2) is 4.82. The number of carbonyl (C=O) groups is 1. The van der Waals surface area contributed by atoms with Gasteiger partial charge in [-0.05, 0) is 6.92 Å². The lowest BCUT2D eigenvalue weighted by molar-refractivity contribution is 0.0699. The summed E-state index contributed by atoms with van der Waals surface area (Å²) < 4.78 is 1.40. The van der Waals surface area contributed by atoms with Gasteiger partial charge >= 0.3 is 5.97 Å². The molecule has 0 aliphatic carbocycles. The van der Waals surface area contributed by atoms with Gasteiger partial charge in [-0.15, -0.1) is 11.3 Å². The van der Waals surface area contributed by atoms with Crippen LogP contribution in [0, 0.1) is 6.92 Å².